The van der Waals surface area contributed by atoms with Crippen LogP contribution in [0, 0.1) is 0 Å². The summed E-state index contributed by atoms with van der Waals surface area (Å²) in [4.78, 5) is 13.0. The van der Waals surface area contributed by atoms with Crippen LogP contribution in [0.2, 0.25) is 0 Å². The first kappa shape index (κ1) is 18.1. The summed E-state index contributed by atoms with van der Waals surface area (Å²) in [5, 5.41) is 9.24. The van der Waals surface area contributed by atoms with Crippen molar-refractivity contribution < 1.29 is 13.2 Å². The Labute approximate surface area is 161 Å². The summed E-state index contributed by atoms with van der Waals surface area (Å²) in [6, 6.07) is 12.3. The second kappa shape index (κ2) is 7.04. The van der Waals surface area contributed by atoms with E-state index in [1.807, 2.05) is 35.7 Å². The van der Waals surface area contributed by atoms with Crippen LogP contribution in [0.4, 0.5) is 24.9 Å². The molecule has 142 valence electrons. The maximum absolute atomic E-state index is 12.9. The lowest BCUT2D eigenvalue weighted by Gasteiger charge is -2.04. The molecule has 3 aromatic heterocycles. The average Bonchev–Trinajstić information content (AvgIpc) is 3.29. The first-order valence-corrected chi connectivity index (χ1v) is 9.01. The predicted molar refractivity (Wildman–Crippen MR) is 100 cm³/mol. The van der Waals surface area contributed by atoms with E-state index in [1.54, 1.807) is 6.07 Å². The van der Waals surface area contributed by atoms with Gasteiger partial charge in [0, 0.05) is 30.3 Å². The van der Waals surface area contributed by atoms with Crippen LogP contribution in [0.3, 0.4) is 0 Å². The number of alkyl halides is 3. The van der Waals surface area contributed by atoms with E-state index in [2.05, 4.69) is 25.4 Å². The number of anilines is 2. The van der Waals surface area contributed by atoms with E-state index in [4.69, 9.17) is 0 Å². The molecule has 1 N–H and O–H groups in total. The molecule has 0 fully saturated rings. The van der Waals surface area contributed by atoms with Crippen molar-refractivity contribution in [3.63, 3.8) is 0 Å². The van der Waals surface area contributed by atoms with E-state index >= 15 is 0 Å². The van der Waals surface area contributed by atoms with Gasteiger partial charge in [0.15, 0.2) is 5.82 Å². The molecule has 0 saturated heterocycles. The van der Waals surface area contributed by atoms with Crippen LogP contribution in [0.25, 0.3) is 22.0 Å². The van der Waals surface area contributed by atoms with Crippen molar-refractivity contribution >= 4 is 23.1 Å². The molecular formula is C18H13F3N6S. The van der Waals surface area contributed by atoms with Gasteiger partial charge < -0.3 is 5.32 Å². The molecule has 0 saturated carbocycles. The molecule has 4 rings (SSSR count). The number of benzene rings is 1. The third-order valence-electron chi connectivity index (χ3n) is 3.85. The smallest absolute Gasteiger partial charge is 0.307 e. The standard InChI is InChI=1S/C18H13F3N6S/c1-27-14(18(19,20)21)9-15(26-27)25-17-22-8-7-12(24-17)13-10-28-16(23-13)11-5-3-2-4-6-11/h2-10H,1H3,(H,22,24,25,26). The third-order valence-corrected chi connectivity index (χ3v) is 4.74. The van der Waals surface area contributed by atoms with E-state index in [0.717, 1.165) is 21.3 Å². The van der Waals surface area contributed by atoms with Gasteiger partial charge >= 0.3 is 6.18 Å². The van der Waals surface area contributed by atoms with Crippen LogP contribution in [-0.2, 0) is 13.2 Å². The second-order valence-corrected chi connectivity index (χ2v) is 6.69. The number of aryl methyl sites for hydroxylation is 1. The number of hydrogen-bond acceptors (Lipinski definition) is 6. The zero-order valence-corrected chi connectivity index (χ0v) is 15.3. The maximum Gasteiger partial charge on any atom is 0.433 e. The quantitative estimate of drug-likeness (QED) is 0.533. The molecule has 0 aliphatic heterocycles. The molecule has 3 heterocycles. The molecule has 6 nitrogen and oxygen atoms in total. The van der Waals surface area contributed by atoms with Gasteiger partial charge in [0.2, 0.25) is 5.95 Å². The highest BCUT2D eigenvalue weighted by atomic mass is 32.1. The van der Waals surface area contributed by atoms with Crippen molar-refractivity contribution in [3.05, 3.63) is 59.7 Å². The van der Waals surface area contributed by atoms with Crippen LogP contribution in [0.15, 0.2) is 54.0 Å². The molecule has 28 heavy (non-hydrogen) atoms. The first-order chi connectivity index (χ1) is 13.4. The lowest BCUT2D eigenvalue weighted by Crippen LogP contribution is -2.11. The van der Waals surface area contributed by atoms with E-state index in [9.17, 15) is 13.2 Å². The van der Waals surface area contributed by atoms with Gasteiger partial charge in [-0.1, -0.05) is 30.3 Å². The molecule has 1 aromatic carbocycles. The molecule has 0 unspecified atom stereocenters. The second-order valence-electron chi connectivity index (χ2n) is 5.83. The Hall–Kier alpha value is -3.27. The Morgan fingerprint density at radius 1 is 1.04 bits per heavy atom. The van der Waals surface area contributed by atoms with Crippen LogP contribution >= 0.6 is 11.3 Å². The van der Waals surface area contributed by atoms with E-state index in [-0.39, 0.29) is 11.8 Å². The van der Waals surface area contributed by atoms with Crippen molar-refractivity contribution in [1.29, 1.82) is 0 Å². The molecule has 0 aliphatic rings. The molecule has 0 aliphatic carbocycles. The monoisotopic (exact) mass is 402 g/mol. The van der Waals surface area contributed by atoms with Crippen molar-refractivity contribution in [2.75, 3.05) is 5.32 Å². The molecule has 0 amide bonds. The summed E-state index contributed by atoms with van der Waals surface area (Å²) >= 11 is 1.48. The summed E-state index contributed by atoms with van der Waals surface area (Å²) in [5.41, 5.74) is 1.35. The minimum Gasteiger partial charge on any atom is -0.307 e. The normalized spacial score (nSPS) is 11.6. The van der Waals surface area contributed by atoms with Gasteiger partial charge in [-0.3, -0.25) is 4.68 Å². The van der Waals surface area contributed by atoms with Crippen LogP contribution in [0.5, 0.6) is 0 Å². The largest absolute Gasteiger partial charge is 0.433 e. The molecule has 0 atom stereocenters. The number of halogens is 3. The average molecular weight is 402 g/mol. The highest BCUT2D eigenvalue weighted by Crippen LogP contribution is 2.31. The molecular weight excluding hydrogens is 389 g/mol. The fraction of sp³-hybridized carbons (Fsp3) is 0.111. The number of aromatic nitrogens is 5. The lowest BCUT2D eigenvalue weighted by molar-refractivity contribution is -0.143. The Balaban J connectivity index is 1.58. The highest BCUT2D eigenvalue weighted by Gasteiger charge is 2.35. The summed E-state index contributed by atoms with van der Waals surface area (Å²) in [7, 11) is 1.23. The third kappa shape index (κ3) is 3.72. The lowest BCUT2D eigenvalue weighted by atomic mass is 10.2. The van der Waals surface area contributed by atoms with Crippen molar-refractivity contribution in [3.8, 4) is 22.0 Å². The van der Waals surface area contributed by atoms with E-state index in [0.29, 0.717) is 11.4 Å². The maximum atomic E-state index is 12.9. The van der Waals surface area contributed by atoms with Gasteiger partial charge in [0.05, 0.1) is 5.69 Å². The first-order valence-electron chi connectivity index (χ1n) is 8.13. The number of nitrogens with one attached hydrogen (secondary N) is 1. The fourth-order valence-corrected chi connectivity index (χ4v) is 3.39. The van der Waals surface area contributed by atoms with Crippen LogP contribution in [-0.4, -0.2) is 24.7 Å². The number of rotatable bonds is 4. The number of hydrogen-bond donors (Lipinski definition) is 1. The van der Waals surface area contributed by atoms with Gasteiger partial charge in [-0.2, -0.15) is 18.3 Å². The van der Waals surface area contributed by atoms with Crippen molar-refractivity contribution in [2.24, 2.45) is 7.05 Å². The number of nitrogens with zero attached hydrogens (tertiary/aromatic N) is 5. The van der Waals surface area contributed by atoms with E-state index in [1.165, 1.54) is 24.6 Å². The van der Waals surface area contributed by atoms with Gasteiger partial charge in [0.1, 0.15) is 16.4 Å². The molecule has 0 bridgehead atoms. The topological polar surface area (TPSA) is 68.5 Å². The van der Waals surface area contributed by atoms with E-state index < -0.39 is 11.9 Å². The summed E-state index contributed by atoms with van der Waals surface area (Å²) < 4.78 is 39.5. The summed E-state index contributed by atoms with van der Waals surface area (Å²) in [5.74, 6) is 0.147. The molecule has 0 spiro atoms. The summed E-state index contributed by atoms with van der Waals surface area (Å²) in [6.07, 6.45) is -2.97. The van der Waals surface area contributed by atoms with Crippen molar-refractivity contribution in [2.45, 2.75) is 6.18 Å². The van der Waals surface area contributed by atoms with Gasteiger partial charge in [-0.15, -0.1) is 11.3 Å². The predicted octanol–water partition coefficient (Wildman–Crippen LogP) is 4.76. The van der Waals surface area contributed by atoms with Gasteiger partial charge in [-0.25, -0.2) is 15.0 Å². The van der Waals surface area contributed by atoms with Crippen molar-refractivity contribution in [1.82, 2.24) is 24.7 Å². The fourth-order valence-electron chi connectivity index (χ4n) is 2.57. The highest BCUT2D eigenvalue weighted by molar-refractivity contribution is 7.13. The molecule has 10 heteroatoms. The Morgan fingerprint density at radius 3 is 2.54 bits per heavy atom. The van der Waals surface area contributed by atoms with Crippen LogP contribution < -0.4 is 5.32 Å². The molecule has 4 aromatic rings. The van der Waals surface area contributed by atoms with Gasteiger partial charge in [0.25, 0.3) is 0 Å². The minimum atomic E-state index is -4.49. The zero-order chi connectivity index (χ0) is 19.7. The SMILES string of the molecule is Cn1nc(Nc2nccc(-c3csc(-c4ccccc4)n3)n2)cc1C(F)(F)F. The minimum absolute atomic E-state index is 0.00947. The summed E-state index contributed by atoms with van der Waals surface area (Å²) in [6.45, 7) is 0. The van der Waals surface area contributed by atoms with Crippen LogP contribution in [0.1, 0.15) is 5.69 Å². The Bertz CT molecular complexity index is 1100. The van der Waals surface area contributed by atoms with Gasteiger partial charge in [-0.05, 0) is 6.07 Å². The Morgan fingerprint density at radius 2 is 1.82 bits per heavy atom. The number of thiazole rings is 1. The zero-order valence-electron chi connectivity index (χ0n) is 14.5. The Kier molecular flexibility index (Phi) is 4.55. The molecule has 0 radical (unpaired) electrons.